The quantitative estimate of drug-likeness (QED) is 0.352. The number of nitrogens with zero attached hydrogens (tertiary/aromatic N) is 4. The lowest BCUT2D eigenvalue weighted by Gasteiger charge is -2.44. The van der Waals surface area contributed by atoms with Crippen LogP contribution in [0, 0.1) is 0 Å². The first-order chi connectivity index (χ1) is 18.1. The minimum Gasteiger partial charge on any atom is -0.396 e. The highest BCUT2D eigenvalue weighted by atomic mass is 16.3. The normalized spacial score (nSPS) is 15.5. The summed E-state index contributed by atoms with van der Waals surface area (Å²) in [5.74, 6) is 0. The molecule has 1 aliphatic rings. The molecule has 2 aromatic rings. The molecule has 1 heterocycles. The Labute approximate surface area is 222 Å². The van der Waals surface area contributed by atoms with Crippen molar-refractivity contribution in [2.45, 2.75) is 64.8 Å². The van der Waals surface area contributed by atoms with Gasteiger partial charge in [0, 0.05) is 39.3 Å². The van der Waals surface area contributed by atoms with Crippen molar-refractivity contribution in [3.63, 3.8) is 0 Å². The number of carbonyl (C=O) groups excluding carboxylic acids is 2. The molecule has 1 N–H and O–H groups in total. The average molecular weight is 509 g/mol. The average Bonchev–Trinajstić information content (AvgIpc) is 2.93. The highest BCUT2D eigenvalue weighted by Gasteiger charge is 2.36. The number of aliphatic hydroxyl groups is 1. The Morgan fingerprint density at radius 2 is 1.35 bits per heavy atom. The van der Waals surface area contributed by atoms with Gasteiger partial charge in [-0.15, -0.1) is 0 Å². The van der Waals surface area contributed by atoms with Gasteiger partial charge in [-0.1, -0.05) is 75.9 Å². The van der Waals surface area contributed by atoms with E-state index < -0.39 is 0 Å². The van der Waals surface area contributed by atoms with Gasteiger partial charge in [0.15, 0.2) is 0 Å². The van der Waals surface area contributed by atoms with E-state index in [1.54, 1.807) is 4.90 Å². The first kappa shape index (κ1) is 28.5. The third-order valence-electron chi connectivity index (χ3n) is 7.02. The summed E-state index contributed by atoms with van der Waals surface area (Å²) in [7, 11) is 0. The first-order valence-corrected chi connectivity index (χ1v) is 14.0. The standard InChI is InChI=1S/C30H44N4O3/c1-3-5-13-20-31(21-14-6-4-2)29(36)32-22-23-33(28(25-32)19-24-35)30(37)34(26-15-9-7-10-16-26)27-17-11-8-12-18-27/h7-12,15-18,28,35H,3-6,13-14,19-25H2,1-2H3/t28-/m0/s1. The number of aliphatic hydroxyl groups excluding tert-OH is 1. The van der Waals surface area contributed by atoms with Gasteiger partial charge in [0.05, 0.1) is 17.4 Å². The summed E-state index contributed by atoms with van der Waals surface area (Å²) in [6, 6.07) is 18.9. The van der Waals surface area contributed by atoms with E-state index in [-0.39, 0.29) is 24.7 Å². The van der Waals surface area contributed by atoms with E-state index in [0.717, 1.165) is 63.0 Å². The number of rotatable bonds is 12. The van der Waals surface area contributed by atoms with Crippen LogP contribution in [0.15, 0.2) is 60.7 Å². The van der Waals surface area contributed by atoms with E-state index in [4.69, 9.17) is 0 Å². The van der Waals surface area contributed by atoms with Gasteiger partial charge < -0.3 is 19.8 Å². The lowest BCUT2D eigenvalue weighted by molar-refractivity contribution is 0.0804. The molecular weight excluding hydrogens is 464 g/mol. The maximum atomic E-state index is 14.0. The van der Waals surface area contributed by atoms with Crippen molar-refractivity contribution in [1.82, 2.24) is 14.7 Å². The van der Waals surface area contributed by atoms with E-state index >= 15 is 0 Å². The van der Waals surface area contributed by atoms with Gasteiger partial charge in [0.2, 0.25) is 0 Å². The van der Waals surface area contributed by atoms with E-state index in [9.17, 15) is 14.7 Å². The lowest BCUT2D eigenvalue weighted by Crippen LogP contribution is -2.60. The fourth-order valence-corrected chi connectivity index (χ4v) is 4.94. The lowest BCUT2D eigenvalue weighted by atomic mass is 10.1. The van der Waals surface area contributed by atoms with Crippen LogP contribution in [0.2, 0.25) is 0 Å². The number of anilines is 2. The molecule has 2 aromatic carbocycles. The summed E-state index contributed by atoms with van der Waals surface area (Å²) in [4.78, 5) is 35.0. The van der Waals surface area contributed by atoms with E-state index in [1.165, 1.54) is 0 Å². The van der Waals surface area contributed by atoms with Crippen LogP contribution < -0.4 is 4.90 Å². The van der Waals surface area contributed by atoms with Crippen molar-refractivity contribution in [3.8, 4) is 0 Å². The van der Waals surface area contributed by atoms with E-state index in [2.05, 4.69) is 13.8 Å². The fourth-order valence-electron chi connectivity index (χ4n) is 4.94. The molecule has 202 valence electrons. The highest BCUT2D eigenvalue weighted by molar-refractivity contribution is 5.99. The largest absolute Gasteiger partial charge is 0.396 e. The van der Waals surface area contributed by atoms with Crippen molar-refractivity contribution in [1.29, 1.82) is 0 Å². The number of carbonyl (C=O) groups is 2. The Morgan fingerprint density at radius 3 is 1.84 bits per heavy atom. The summed E-state index contributed by atoms with van der Waals surface area (Å²) >= 11 is 0. The molecule has 0 aromatic heterocycles. The molecule has 1 atom stereocenters. The molecule has 0 aliphatic carbocycles. The van der Waals surface area contributed by atoms with Crippen molar-refractivity contribution < 1.29 is 14.7 Å². The minimum atomic E-state index is -0.252. The zero-order valence-corrected chi connectivity index (χ0v) is 22.6. The third-order valence-corrected chi connectivity index (χ3v) is 7.02. The Bertz CT molecular complexity index is 891. The molecular formula is C30H44N4O3. The molecule has 3 rings (SSSR count). The van der Waals surface area contributed by atoms with Crippen molar-refractivity contribution in [2.75, 3.05) is 44.2 Å². The maximum Gasteiger partial charge on any atom is 0.329 e. The predicted molar refractivity (Wildman–Crippen MR) is 150 cm³/mol. The Balaban J connectivity index is 1.78. The molecule has 0 bridgehead atoms. The number of hydrogen-bond donors (Lipinski definition) is 1. The van der Waals surface area contributed by atoms with Crippen LogP contribution in [0.1, 0.15) is 58.8 Å². The molecule has 1 saturated heterocycles. The van der Waals surface area contributed by atoms with Crippen LogP contribution in [0.3, 0.4) is 0 Å². The van der Waals surface area contributed by atoms with Gasteiger partial charge in [-0.3, -0.25) is 4.90 Å². The summed E-state index contributed by atoms with van der Waals surface area (Å²) in [5.41, 5.74) is 1.58. The first-order valence-electron chi connectivity index (χ1n) is 14.0. The molecule has 0 radical (unpaired) electrons. The molecule has 4 amide bonds. The second-order valence-electron chi connectivity index (χ2n) is 9.78. The van der Waals surface area contributed by atoms with Crippen LogP contribution in [0.4, 0.5) is 21.0 Å². The van der Waals surface area contributed by atoms with E-state index in [0.29, 0.717) is 26.1 Å². The SMILES string of the molecule is CCCCCN(CCCCC)C(=O)N1CCN(C(=O)N(c2ccccc2)c2ccccc2)[C@@H](CCO)C1. The number of urea groups is 2. The van der Waals surface area contributed by atoms with E-state index in [1.807, 2.05) is 75.4 Å². The molecule has 37 heavy (non-hydrogen) atoms. The molecule has 0 unspecified atom stereocenters. The van der Waals surface area contributed by atoms with Crippen LogP contribution in [0.5, 0.6) is 0 Å². The zero-order valence-electron chi connectivity index (χ0n) is 22.6. The number of benzene rings is 2. The van der Waals surface area contributed by atoms with Gasteiger partial charge in [-0.05, 0) is 43.5 Å². The fraction of sp³-hybridized carbons (Fsp3) is 0.533. The monoisotopic (exact) mass is 508 g/mol. The smallest absolute Gasteiger partial charge is 0.329 e. The Kier molecular flexibility index (Phi) is 11.8. The summed E-state index contributed by atoms with van der Waals surface area (Å²) in [6.45, 7) is 7.21. The topological polar surface area (TPSA) is 67.3 Å². The molecule has 7 heteroatoms. The van der Waals surface area contributed by atoms with Gasteiger partial charge in [0.1, 0.15) is 0 Å². The second-order valence-corrected chi connectivity index (χ2v) is 9.78. The number of piperazine rings is 1. The van der Waals surface area contributed by atoms with Gasteiger partial charge >= 0.3 is 12.1 Å². The number of para-hydroxylation sites is 2. The molecule has 7 nitrogen and oxygen atoms in total. The zero-order chi connectivity index (χ0) is 26.5. The summed E-state index contributed by atoms with van der Waals surface area (Å²) in [6.07, 6.45) is 6.92. The van der Waals surface area contributed by atoms with Gasteiger partial charge in [-0.2, -0.15) is 0 Å². The van der Waals surface area contributed by atoms with Crippen LogP contribution in [-0.2, 0) is 0 Å². The van der Waals surface area contributed by atoms with Crippen LogP contribution in [-0.4, -0.2) is 77.2 Å². The number of amides is 4. The summed E-state index contributed by atoms with van der Waals surface area (Å²) in [5, 5.41) is 9.85. The van der Waals surface area contributed by atoms with Gasteiger partial charge in [-0.25, -0.2) is 9.59 Å². The third kappa shape index (κ3) is 7.96. The van der Waals surface area contributed by atoms with Crippen molar-refractivity contribution in [2.24, 2.45) is 0 Å². The summed E-state index contributed by atoms with van der Waals surface area (Å²) < 4.78 is 0. The maximum absolute atomic E-state index is 14.0. The molecule has 1 fully saturated rings. The highest BCUT2D eigenvalue weighted by Crippen LogP contribution is 2.28. The number of unbranched alkanes of at least 4 members (excludes halogenated alkanes) is 4. The molecule has 1 aliphatic heterocycles. The van der Waals surface area contributed by atoms with Crippen molar-refractivity contribution in [3.05, 3.63) is 60.7 Å². The van der Waals surface area contributed by atoms with Gasteiger partial charge in [0.25, 0.3) is 0 Å². The minimum absolute atomic E-state index is 0.0378. The van der Waals surface area contributed by atoms with Crippen LogP contribution in [0.25, 0.3) is 0 Å². The molecule has 0 spiro atoms. The van der Waals surface area contributed by atoms with Crippen molar-refractivity contribution >= 4 is 23.4 Å². The second kappa shape index (κ2) is 15.3. The predicted octanol–water partition coefficient (Wildman–Crippen LogP) is 6.12. The molecule has 0 saturated carbocycles. The Morgan fingerprint density at radius 1 is 0.811 bits per heavy atom. The van der Waals surface area contributed by atoms with Crippen LogP contribution >= 0.6 is 0 Å². The Hall–Kier alpha value is -3.06. The number of hydrogen-bond acceptors (Lipinski definition) is 3.